The van der Waals surface area contributed by atoms with Gasteiger partial charge in [0.2, 0.25) is 0 Å². The van der Waals surface area contributed by atoms with Crippen LogP contribution < -0.4 is 4.74 Å². The summed E-state index contributed by atoms with van der Waals surface area (Å²) in [7, 11) is 0. The summed E-state index contributed by atoms with van der Waals surface area (Å²) in [5.41, 5.74) is 8.86. The SMILES string of the molecule is O=C(O)c1cc(OCC(CSC(c2ccccc2)(c2ccccc2)c2ccccc2)(CSC(c2ccccc2)(c2ccccc2)c2ccccc2)CSC(c2ccccc2)(c2ccccc2)c2ccccc2)cc(C(=O)O)c1. The minimum Gasteiger partial charge on any atom is -0.493 e. The third-order valence-electron chi connectivity index (χ3n) is 14.4. The van der Waals surface area contributed by atoms with Crippen molar-refractivity contribution in [2.45, 2.75) is 14.2 Å². The van der Waals surface area contributed by atoms with Crippen molar-refractivity contribution < 1.29 is 24.5 Å². The predicted molar refractivity (Wildman–Crippen MR) is 323 cm³/mol. The highest BCUT2D eigenvalue weighted by molar-refractivity contribution is 8.02. The Morgan fingerprint density at radius 3 is 0.679 bits per heavy atom. The van der Waals surface area contributed by atoms with Gasteiger partial charge in [-0.1, -0.05) is 273 Å². The van der Waals surface area contributed by atoms with E-state index in [0.717, 1.165) is 50.1 Å². The van der Waals surface area contributed by atoms with Crippen LogP contribution in [0, 0.1) is 5.41 Å². The van der Waals surface area contributed by atoms with Gasteiger partial charge in [-0.3, -0.25) is 0 Å². The van der Waals surface area contributed by atoms with Gasteiger partial charge in [0.1, 0.15) is 5.75 Å². The predicted octanol–water partition coefficient (Wildman–Crippen LogP) is 16.6. The molecule has 0 amide bonds. The number of hydrogen-bond acceptors (Lipinski definition) is 6. The smallest absolute Gasteiger partial charge is 0.335 e. The van der Waals surface area contributed by atoms with E-state index in [1.54, 1.807) is 0 Å². The summed E-state index contributed by atoms with van der Waals surface area (Å²) in [4.78, 5) is 25.4. The number of ether oxygens (including phenoxy) is 1. The first kappa shape index (κ1) is 53.4. The molecule has 10 aromatic rings. The molecule has 0 heterocycles. The van der Waals surface area contributed by atoms with E-state index in [-0.39, 0.29) is 23.5 Å². The third kappa shape index (κ3) is 11.2. The quantitative estimate of drug-likeness (QED) is 0.0613. The van der Waals surface area contributed by atoms with Gasteiger partial charge in [0.15, 0.2) is 0 Å². The van der Waals surface area contributed by atoms with Gasteiger partial charge in [0, 0.05) is 22.7 Å². The van der Waals surface area contributed by atoms with E-state index in [1.165, 1.54) is 18.2 Å². The Morgan fingerprint density at radius 1 is 0.308 bits per heavy atom. The van der Waals surface area contributed by atoms with Crippen LogP contribution in [0.4, 0.5) is 0 Å². The molecule has 0 aromatic heterocycles. The highest BCUT2D eigenvalue weighted by atomic mass is 32.2. The molecule has 8 heteroatoms. The van der Waals surface area contributed by atoms with Gasteiger partial charge in [-0.05, 0) is 68.3 Å². The molecule has 0 atom stereocenters. The number of carboxylic acid groups (broad SMARTS) is 2. The van der Waals surface area contributed by atoms with Crippen LogP contribution in [0.2, 0.25) is 0 Å². The van der Waals surface area contributed by atoms with Crippen LogP contribution in [0.25, 0.3) is 0 Å². The molecule has 5 nitrogen and oxygen atoms in total. The molecular weight excluding hydrogens is 1020 g/mol. The molecule has 2 N–H and O–H groups in total. The molecule has 10 aromatic carbocycles. The number of thioether (sulfide) groups is 3. The van der Waals surface area contributed by atoms with E-state index in [2.05, 4.69) is 273 Å². The highest BCUT2D eigenvalue weighted by Crippen LogP contribution is 2.57. The van der Waals surface area contributed by atoms with Crippen molar-refractivity contribution in [1.29, 1.82) is 0 Å². The number of carbonyl (C=O) groups is 2. The van der Waals surface area contributed by atoms with Crippen molar-refractivity contribution in [3.8, 4) is 5.75 Å². The molecule has 0 aliphatic heterocycles. The fraction of sp³-hybridized carbons (Fsp3) is 0.114. The lowest BCUT2D eigenvalue weighted by Gasteiger charge is -2.44. The topological polar surface area (TPSA) is 83.8 Å². The van der Waals surface area contributed by atoms with E-state index < -0.39 is 31.6 Å². The number of carboxylic acids is 2. The van der Waals surface area contributed by atoms with Gasteiger partial charge in [0.05, 0.1) is 32.0 Å². The lowest BCUT2D eigenvalue weighted by Crippen LogP contribution is -2.42. The average molecular weight is 1080 g/mol. The second kappa shape index (κ2) is 24.5. The fourth-order valence-corrected chi connectivity index (χ4v) is 16.0. The van der Waals surface area contributed by atoms with Crippen molar-refractivity contribution >= 4 is 47.2 Å². The van der Waals surface area contributed by atoms with Gasteiger partial charge < -0.3 is 14.9 Å². The summed E-state index contributed by atoms with van der Waals surface area (Å²) >= 11 is 5.60. The maximum atomic E-state index is 12.7. The zero-order valence-corrected chi connectivity index (χ0v) is 45.3. The molecule has 10 rings (SSSR count). The first-order chi connectivity index (χ1) is 38.3. The zero-order valence-electron chi connectivity index (χ0n) is 42.9. The van der Waals surface area contributed by atoms with E-state index in [0.29, 0.717) is 17.3 Å². The van der Waals surface area contributed by atoms with Crippen molar-refractivity contribution in [3.05, 3.63) is 352 Å². The molecule has 0 aliphatic carbocycles. The molecule has 386 valence electrons. The Morgan fingerprint density at radius 2 is 0.500 bits per heavy atom. The molecule has 0 bridgehead atoms. The maximum Gasteiger partial charge on any atom is 0.335 e. The Balaban J connectivity index is 1.24. The van der Waals surface area contributed by atoms with Crippen LogP contribution in [0.1, 0.15) is 70.8 Å². The first-order valence-corrected chi connectivity index (χ1v) is 28.9. The Kier molecular flexibility index (Phi) is 16.8. The fourth-order valence-electron chi connectivity index (χ4n) is 10.5. The standard InChI is InChI=1S/C70H58O5S3/c71-65(72)53-46-54(66(73)74)48-64(47-53)75-49-67(50-76-68(55-28-10-1-11-29-55,56-30-12-2-13-31-56)57-32-14-3-15-33-57,51-77-69(58-34-16-4-17-35-58,59-36-18-5-19-37-59)60-38-20-6-21-39-60)52-78-70(61-40-22-7-23-41-61,62-42-24-8-25-43-62)63-44-26-9-27-45-63/h1-48H,49-52H2,(H,71,72)(H,73,74). The molecular formula is C70H58O5S3. The van der Waals surface area contributed by atoms with Crippen LogP contribution in [-0.2, 0) is 14.2 Å². The van der Waals surface area contributed by atoms with Crippen molar-refractivity contribution in [1.82, 2.24) is 0 Å². The van der Waals surface area contributed by atoms with Crippen LogP contribution in [0.5, 0.6) is 5.75 Å². The average Bonchev–Trinajstić information content (AvgIpc) is 3.55. The lowest BCUT2D eigenvalue weighted by molar-refractivity contribution is 0.0696. The Hall–Kier alpha value is -8.01. The maximum absolute atomic E-state index is 12.7. The molecule has 0 aliphatic rings. The van der Waals surface area contributed by atoms with E-state index in [4.69, 9.17) is 4.74 Å². The summed E-state index contributed by atoms with van der Waals surface area (Å²) in [6.07, 6.45) is 0. The summed E-state index contributed by atoms with van der Waals surface area (Å²) in [5.74, 6) is -0.785. The monoisotopic (exact) mass is 1070 g/mol. The molecule has 0 saturated heterocycles. The lowest BCUT2D eigenvalue weighted by atomic mass is 9.84. The minimum atomic E-state index is -1.24. The molecule has 0 saturated carbocycles. The van der Waals surface area contributed by atoms with E-state index in [9.17, 15) is 19.8 Å². The van der Waals surface area contributed by atoms with Crippen LogP contribution in [0.15, 0.2) is 291 Å². The second-order valence-corrected chi connectivity index (χ2v) is 22.9. The summed E-state index contributed by atoms with van der Waals surface area (Å²) in [5, 5.41) is 20.8. The Bertz CT molecular complexity index is 2870. The summed E-state index contributed by atoms with van der Waals surface area (Å²) < 4.78 is 4.91. The van der Waals surface area contributed by atoms with Crippen LogP contribution >= 0.6 is 35.3 Å². The summed E-state index contributed by atoms with van der Waals surface area (Å²) in [6.45, 7) is 0.0828. The Labute approximate surface area is 470 Å². The first-order valence-electron chi connectivity index (χ1n) is 25.9. The molecule has 0 fully saturated rings. The van der Waals surface area contributed by atoms with Crippen molar-refractivity contribution in [2.24, 2.45) is 5.41 Å². The number of hydrogen-bond donors (Lipinski definition) is 2. The third-order valence-corrected chi connectivity index (χ3v) is 20.0. The van der Waals surface area contributed by atoms with Gasteiger partial charge in [-0.15, -0.1) is 35.3 Å². The van der Waals surface area contributed by atoms with E-state index in [1.807, 2.05) is 35.3 Å². The van der Waals surface area contributed by atoms with Gasteiger partial charge in [-0.2, -0.15) is 0 Å². The normalized spacial score (nSPS) is 11.9. The van der Waals surface area contributed by atoms with Gasteiger partial charge >= 0.3 is 11.9 Å². The molecule has 0 radical (unpaired) electrons. The number of rotatable bonds is 23. The number of benzene rings is 10. The van der Waals surface area contributed by atoms with Crippen molar-refractivity contribution in [2.75, 3.05) is 23.9 Å². The van der Waals surface area contributed by atoms with Crippen molar-refractivity contribution in [3.63, 3.8) is 0 Å². The van der Waals surface area contributed by atoms with E-state index >= 15 is 0 Å². The van der Waals surface area contributed by atoms with Crippen LogP contribution in [0.3, 0.4) is 0 Å². The van der Waals surface area contributed by atoms with Gasteiger partial charge in [-0.25, -0.2) is 9.59 Å². The second-order valence-electron chi connectivity index (χ2n) is 19.3. The number of aromatic carboxylic acids is 2. The highest BCUT2D eigenvalue weighted by Gasteiger charge is 2.47. The molecule has 0 unspecified atom stereocenters. The largest absolute Gasteiger partial charge is 0.493 e. The molecule has 78 heavy (non-hydrogen) atoms. The summed E-state index contributed by atoms with van der Waals surface area (Å²) in [6, 6.07) is 100. The minimum absolute atomic E-state index is 0.0828. The van der Waals surface area contributed by atoms with Gasteiger partial charge in [0.25, 0.3) is 0 Å². The molecule has 0 spiro atoms. The van der Waals surface area contributed by atoms with Crippen LogP contribution in [-0.4, -0.2) is 46.0 Å². The zero-order chi connectivity index (χ0) is 53.7.